The fraction of sp³-hybridized carbons (Fsp3) is 1.00. The lowest BCUT2D eigenvalue weighted by atomic mass is 9.93. The normalized spacial score (nSPS) is 13.4. The first-order valence-electron chi connectivity index (χ1n) is 9.43. The number of hydrogen-bond donors (Lipinski definition) is 0. The van der Waals surface area contributed by atoms with Crippen molar-refractivity contribution in [1.82, 2.24) is 0 Å². The Labute approximate surface area is 144 Å². The van der Waals surface area contributed by atoms with Crippen molar-refractivity contribution in [2.75, 3.05) is 34.5 Å². The van der Waals surface area contributed by atoms with Crippen molar-refractivity contribution in [3.05, 3.63) is 0 Å². The zero-order valence-corrected chi connectivity index (χ0v) is 16.2. The SMILES string of the molecule is CCCCCCCC[C@H](CCCOCCC)C(OC)(OC)OC. The summed E-state index contributed by atoms with van der Waals surface area (Å²) in [6, 6.07) is 0. The highest BCUT2D eigenvalue weighted by molar-refractivity contribution is 4.71. The third-order valence-electron chi connectivity index (χ3n) is 4.45. The summed E-state index contributed by atoms with van der Waals surface area (Å²) in [7, 11) is 4.98. The average Bonchev–Trinajstić information content (AvgIpc) is 2.58. The molecule has 0 aliphatic rings. The molecule has 0 aliphatic carbocycles. The van der Waals surface area contributed by atoms with Crippen LogP contribution < -0.4 is 0 Å². The van der Waals surface area contributed by atoms with E-state index in [0.717, 1.165) is 38.9 Å². The third kappa shape index (κ3) is 9.65. The number of unbranched alkanes of at least 4 members (excludes halogenated alkanes) is 5. The molecule has 0 amide bonds. The topological polar surface area (TPSA) is 36.9 Å². The average molecular weight is 333 g/mol. The van der Waals surface area contributed by atoms with Crippen LogP contribution in [0.5, 0.6) is 0 Å². The second-order valence-electron chi connectivity index (χ2n) is 6.22. The Balaban J connectivity index is 4.31. The molecule has 0 aromatic carbocycles. The van der Waals surface area contributed by atoms with Crippen LogP contribution in [0.3, 0.4) is 0 Å². The number of ether oxygens (including phenoxy) is 4. The Morgan fingerprint density at radius 3 is 1.78 bits per heavy atom. The third-order valence-corrected chi connectivity index (χ3v) is 4.45. The van der Waals surface area contributed by atoms with Gasteiger partial charge in [0.05, 0.1) is 0 Å². The molecule has 0 aromatic heterocycles. The molecular formula is C19H40O4. The van der Waals surface area contributed by atoms with E-state index in [2.05, 4.69) is 13.8 Å². The first-order chi connectivity index (χ1) is 11.2. The van der Waals surface area contributed by atoms with Gasteiger partial charge in [0.25, 0.3) is 5.97 Å². The zero-order chi connectivity index (χ0) is 17.4. The highest BCUT2D eigenvalue weighted by Gasteiger charge is 2.39. The summed E-state index contributed by atoms with van der Waals surface area (Å²) in [5.74, 6) is -0.687. The van der Waals surface area contributed by atoms with Gasteiger partial charge in [0.15, 0.2) is 0 Å². The van der Waals surface area contributed by atoms with Crippen LogP contribution >= 0.6 is 0 Å². The second-order valence-corrected chi connectivity index (χ2v) is 6.22. The molecule has 0 heterocycles. The van der Waals surface area contributed by atoms with E-state index in [4.69, 9.17) is 18.9 Å². The monoisotopic (exact) mass is 332 g/mol. The van der Waals surface area contributed by atoms with E-state index < -0.39 is 5.97 Å². The van der Waals surface area contributed by atoms with Gasteiger partial charge in [-0.15, -0.1) is 0 Å². The van der Waals surface area contributed by atoms with E-state index in [0.29, 0.717) is 0 Å². The molecule has 0 saturated carbocycles. The highest BCUT2D eigenvalue weighted by atomic mass is 16.9. The van der Waals surface area contributed by atoms with Crippen LogP contribution in [0.25, 0.3) is 0 Å². The highest BCUT2D eigenvalue weighted by Crippen LogP contribution is 2.32. The van der Waals surface area contributed by atoms with E-state index in [1.165, 1.54) is 38.5 Å². The summed E-state index contributed by atoms with van der Waals surface area (Å²) >= 11 is 0. The lowest BCUT2D eigenvalue weighted by Crippen LogP contribution is -2.44. The summed E-state index contributed by atoms with van der Waals surface area (Å²) < 4.78 is 22.4. The molecular weight excluding hydrogens is 292 g/mol. The van der Waals surface area contributed by atoms with E-state index in [9.17, 15) is 0 Å². The predicted molar refractivity (Wildman–Crippen MR) is 95.6 cm³/mol. The number of hydrogen-bond acceptors (Lipinski definition) is 4. The summed E-state index contributed by atoms with van der Waals surface area (Å²) in [6.07, 6.45) is 11.9. The van der Waals surface area contributed by atoms with Crippen LogP contribution in [-0.2, 0) is 18.9 Å². The maximum absolute atomic E-state index is 5.59. The molecule has 23 heavy (non-hydrogen) atoms. The van der Waals surface area contributed by atoms with Gasteiger partial charge in [-0.25, -0.2) is 0 Å². The lowest BCUT2D eigenvalue weighted by Gasteiger charge is -2.36. The number of methoxy groups -OCH3 is 3. The van der Waals surface area contributed by atoms with Crippen molar-refractivity contribution in [2.45, 2.75) is 84.0 Å². The Morgan fingerprint density at radius 1 is 0.652 bits per heavy atom. The Kier molecular flexibility index (Phi) is 15.3. The molecule has 0 N–H and O–H groups in total. The summed E-state index contributed by atoms with van der Waals surface area (Å²) in [5, 5.41) is 0. The van der Waals surface area contributed by atoms with Crippen molar-refractivity contribution < 1.29 is 18.9 Å². The van der Waals surface area contributed by atoms with Gasteiger partial charge in [0, 0.05) is 40.5 Å². The largest absolute Gasteiger partial charge is 0.381 e. The van der Waals surface area contributed by atoms with Gasteiger partial charge in [0.1, 0.15) is 0 Å². The Hall–Kier alpha value is -0.160. The minimum absolute atomic E-state index is 0.235. The van der Waals surface area contributed by atoms with Crippen LogP contribution in [0.1, 0.15) is 78.1 Å². The molecule has 4 heteroatoms. The molecule has 0 unspecified atom stereocenters. The van der Waals surface area contributed by atoms with E-state index in [-0.39, 0.29) is 5.92 Å². The van der Waals surface area contributed by atoms with Gasteiger partial charge in [-0.1, -0.05) is 52.4 Å². The summed E-state index contributed by atoms with van der Waals surface area (Å²) in [4.78, 5) is 0. The van der Waals surface area contributed by atoms with Crippen LogP contribution in [-0.4, -0.2) is 40.5 Å². The van der Waals surface area contributed by atoms with Crippen LogP contribution in [0.15, 0.2) is 0 Å². The van der Waals surface area contributed by atoms with Crippen molar-refractivity contribution in [2.24, 2.45) is 5.92 Å². The van der Waals surface area contributed by atoms with Gasteiger partial charge < -0.3 is 18.9 Å². The minimum Gasteiger partial charge on any atom is -0.381 e. The Morgan fingerprint density at radius 2 is 1.22 bits per heavy atom. The minimum atomic E-state index is -0.922. The molecule has 140 valence electrons. The first-order valence-corrected chi connectivity index (χ1v) is 9.43. The van der Waals surface area contributed by atoms with E-state index >= 15 is 0 Å². The molecule has 0 radical (unpaired) electrons. The maximum Gasteiger partial charge on any atom is 0.285 e. The summed E-state index contributed by atoms with van der Waals surface area (Å²) in [6.45, 7) is 6.02. The zero-order valence-electron chi connectivity index (χ0n) is 16.2. The van der Waals surface area contributed by atoms with E-state index in [1.54, 1.807) is 21.3 Å². The Bertz CT molecular complexity index is 233. The molecule has 0 aromatic rings. The van der Waals surface area contributed by atoms with Crippen molar-refractivity contribution >= 4 is 0 Å². The van der Waals surface area contributed by atoms with Crippen LogP contribution in [0.2, 0.25) is 0 Å². The van der Waals surface area contributed by atoms with Gasteiger partial charge in [-0.05, 0) is 25.7 Å². The van der Waals surface area contributed by atoms with Gasteiger partial charge in [0.2, 0.25) is 0 Å². The molecule has 1 atom stereocenters. The molecule has 0 aliphatic heterocycles. The maximum atomic E-state index is 5.59. The lowest BCUT2D eigenvalue weighted by molar-refractivity contribution is -0.380. The molecule has 4 nitrogen and oxygen atoms in total. The molecule has 0 rings (SSSR count). The van der Waals surface area contributed by atoms with Crippen molar-refractivity contribution in [1.29, 1.82) is 0 Å². The quantitative estimate of drug-likeness (QED) is 0.272. The molecule has 0 bridgehead atoms. The van der Waals surface area contributed by atoms with Gasteiger partial charge in [-0.2, -0.15) is 0 Å². The predicted octanol–water partition coefficient (Wildman–Crippen LogP) is 5.15. The van der Waals surface area contributed by atoms with Crippen LogP contribution in [0.4, 0.5) is 0 Å². The van der Waals surface area contributed by atoms with Gasteiger partial charge >= 0.3 is 0 Å². The standard InChI is InChI=1S/C19H40O4/c1-6-8-9-10-11-12-14-18(15-13-17-23-16-7-2)19(20-3,21-4)22-5/h18H,6-17H2,1-5H3/t18-/m1/s1. The first kappa shape index (κ1) is 22.8. The van der Waals surface area contributed by atoms with E-state index in [1.807, 2.05) is 0 Å². The van der Waals surface area contributed by atoms with Crippen molar-refractivity contribution in [3.63, 3.8) is 0 Å². The van der Waals surface area contributed by atoms with Crippen molar-refractivity contribution in [3.8, 4) is 0 Å². The van der Waals surface area contributed by atoms with Gasteiger partial charge in [-0.3, -0.25) is 0 Å². The molecule has 0 fully saturated rings. The fourth-order valence-corrected chi connectivity index (χ4v) is 3.10. The van der Waals surface area contributed by atoms with Crippen LogP contribution in [0, 0.1) is 5.92 Å². The number of rotatable bonds is 17. The molecule has 0 spiro atoms. The fourth-order valence-electron chi connectivity index (χ4n) is 3.10. The second kappa shape index (κ2) is 15.4. The summed E-state index contributed by atoms with van der Waals surface area (Å²) in [5.41, 5.74) is 0. The smallest absolute Gasteiger partial charge is 0.285 e. The molecule has 0 saturated heterocycles.